The molecule has 0 bridgehead atoms. The maximum atomic E-state index is 13.0. The Morgan fingerprint density at radius 2 is 1.91 bits per heavy atom. The first kappa shape index (κ1) is 22.7. The quantitative estimate of drug-likeness (QED) is 0.445. The van der Waals surface area contributed by atoms with E-state index in [1.54, 1.807) is 4.57 Å². The van der Waals surface area contributed by atoms with Crippen LogP contribution in [0.1, 0.15) is 67.7 Å². The molecule has 1 aliphatic heterocycles. The number of benzene rings is 2. The van der Waals surface area contributed by atoms with Gasteiger partial charge in [-0.25, -0.2) is 9.64 Å². The molecule has 0 unspecified atom stereocenters. The summed E-state index contributed by atoms with van der Waals surface area (Å²) >= 11 is 0. The second kappa shape index (κ2) is 8.60. The van der Waals surface area contributed by atoms with Crippen molar-refractivity contribution in [1.29, 1.82) is 0 Å². The number of nitrogens with one attached hydrogen (secondary N) is 1. The molecule has 3 aromatic rings. The minimum Gasteiger partial charge on any atom is -0.443 e. The van der Waals surface area contributed by atoms with Gasteiger partial charge in [0.25, 0.3) is 0 Å². The van der Waals surface area contributed by atoms with E-state index < -0.39 is 5.60 Å². The highest BCUT2D eigenvalue weighted by Gasteiger charge is 2.33. The molecule has 2 fully saturated rings. The fourth-order valence-corrected chi connectivity index (χ4v) is 5.47. The van der Waals surface area contributed by atoms with Gasteiger partial charge in [-0.2, -0.15) is 0 Å². The smallest absolute Gasteiger partial charge is 0.418 e. The molecule has 2 aromatic carbocycles. The van der Waals surface area contributed by atoms with Crippen LogP contribution in [0.5, 0.6) is 0 Å². The fraction of sp³-hybridized carbons (Fsp3) is 0.448. The summed E-state index contributed by atoms with van der Waals surface area (Å²) in [5.41, 5.74) is 6.40. The van der Waals surface area contributed by atoms with Gasteiger partial charge in [-0.05, 0) is 93.7 Å². The monoisotopic (exact) mass is 455 g/mol. The molecule has 1 N–H and O–H groups in total. The molecular weight excluding hydrogens is 422 g/mol. The number of hydrogen-bond donors (Lipinski definition) is 1. The second-order valence-corrected chi connectivity index (χ2v) is 10.9. The molecule has 2 heterocycles. The van der Waals surface area contributed by atoms with Gasteiger partial charge in [0.15, 0.2) is 5.69 Å². The number of aryl methyl sites for hydroxylation is 1. The third-order valence-electron chi connectivity index (χ3n) is 7.17. The number of carbonyl (C=O) groups excluding carboxylic acids is 1. The van der Waals surface area contributed by atoms with Crippen molar-refractivity contribution in [2.75, 3.05) is 13.1 Å². The van der Waals surface area contributed by atoms with Crippen LogP contribution in [-0.2, 0) is 11.2 Å². The van der Waals surface area contributed by atoms with Gasteiger partial charge >= 0.3 is 6.09 Å². The van der Waals surface area contributed by atoms with E-state index in [1.807, 2.05) is 39.1 Å². The molecule has 1 saturated carbocycles. The number of carbonyl (C=O) groups is 1. The average Bonchev–Trinajstić information content (AvgIpc) is 3.35. The molecule has 2 atom stereocenters. The lowest BCUT2D eigenvalue weighted by molar-refractivity contribution is 0.0544. The van der Waals surface area contributed by atoms with Crippen LogP contribution in [0.4, 0.5) is 10.5 Å². The van der Waals surface area contributed by atoms with Crippen molar-refractivity contribution in [3.63, 3.8) is 0 Å². The number of aromatic nitrogens is 1. The van der Waals surface area contributed by atoms with Crippen molar-refractivity contribution in [2.24, 2.45) is 5.92 Å². The van der Waals surface area contributed by atoms with Gasteiger partial charge in [0.05, 0.1) is 12.1 Å². The summed E-state index contributed by atoms with van der Waals surface area (Å²) in [6, 6.07) is 12.5. The maximum Gasteiger partial charge on any atom is 0.418 e. The van der Waals surface area contributed by atoms with Crippen LogP contribution in [0, 0.1) is 19.4 Å². The fourth-order valence-electron chi connectivity index (χ4n) is 5.47. The van der Waals surface area contributed by atoms with E-state index in [0.717, 1.165) is 30.6 Å². The number of ether oxygens (including phenoxy) is 1. The van der Waals surface area contributed by atoms with E-state index in [4.69, 9.17) is 11.3 Å². The largest absolute Gasteiger partial charge is 0.443 e. The highest BCUT2D eigenvalue weighted by molar-refractivity contribution is 5.94. The zero-order valence-corrected chi connectivity index (χ0v) is 20.5. The first-order chi connectivity index (χ1) is 16.2. The van der Waals surface area contributed by atoms with Gasteiger partial charge in [0, 0.05) is 24.0 Å². The minimum absolute atomic E-state index is 0.323. The van der Waals surface area contributed by atoms with Crippen LogP contribution in [0.2, 0.25) is 0 Å². The maximum absolute atomic E-state index is 13.0. The Hall–Kier alpha value is -3.10. The predicted molar refractivity (Wildman–Crippen MR) is 136 cm³/mol. The summed E-state index contributed by atoms with van der Waals surface area (Å²) in [6.07, 6.45) is 5.02. The summed E-state index contributed by atoms with van der Waals surface area (Å²) in [6.45, 7) is 17.0. The Bertz CT molecular complexity index is 1270. The SMILES string of the molecule is [C-]#[N+]c1ccc([C@@H]2CNC[C@H]2Cc2c(C3CC3)cc(C)c3c2ccn3C(=O)OC(C)(C)C)cc1. The van der Waals surface area contributed by atoms with Crippen LogP contribution < -0.4 is 5.32 Å². The second-order valence-electron chi connectivity index (χ2n) is 10.9. The molecule has 0 amide bonds. The van der Waals surface area contributed by atoms with Crippen molar-refractivity contribution in [2.45, 2.75) is 64.4 Å². The molecule has 1 saturated heterocycles. The topological polar surface area (TPSA) is 47.6 Å². The molecular formula is C29H33N3O2. The summed E-state index contributed by atoms with van der Waals surface area (Å²) in [5, 5.41) is 4.79. The number of rotatable bonds is 4. The summed E-state index contributed by atoms with van der Waals surface area (Å²) in [4.78, 5) is 16.5. The third-order valence-corrected chi connectivity index (χ3v) is 7.17. The molecule has 1 aliphatic carbocycles. The van der Waals surface area contributed by atoms with Gasteiger partial charge in [-0.1, -0.05) is 30.3 Å². The van der Waals surface area contributed by atoms with Gasteiger partial charge in [0.1, 0.15) is 5.60 Å². The van der Waals surface area contributed by atoms with E-state index in [1.165, 1.54) is 34.9 Å². The molecule has 34 heavy (non-hydrogen) atoms. The zero-order chi connectivity index (χ0) is 24.0. The lowest BCUT2D eigenvalue weighted by atomic mass is 9.82. The van der Waals surface area contributed by atoms with E-state index in [0.29, 0.717) is 23.4 Å². The van der Waals surface area contributed by atoms with E-state index >= 15 is 0 Å². The average molecular weight is 456 g/mol. The predicted octanol–water partition coefficient (Wildman–Crippen LogP) is 6.71. The van der Waals surface area contributed by atoms with Crippen LogP contribution in [0.15, 0.2) is 42.6 Å². The number of fused-ring (bicyclic) bond motifs is 1. The molecule has 5 heteroatoms. The van der Waals surface area contributed by atoms with Crippen LogP contribution in [0.25, 0.3) is 15.7 Å². The standard InChI is InChI=1S/C29H33N3O2/c1-18-14-24(19-6-7-19)25(23-12-13-32(27(18)23)28(33)34-29(2,3)4)15-21-16-31-17-26(21)20-8-10-22(30-5)11-9-20/h8-14,19,21,26,31H,6-7,15-17H2,1-4H3/t21-,26+/m1/s1. The number of hydrogen-bond acceptors (Lipinski definition) is 3. The van der Waals surface area contributed by atoms with Gasteiger partial charge < -0.3 is 10.1 Å². The van der Waals surface area contributed by atoms with Crippen molar-refractivity contribution < 1.29 is 9.53 Å². The molecule has 0 spiro atoms. The van der Waals surface area contributed by atoms with Crippen molar-refractivity contribution >= 4 is 22.7 Å². The Balaban J connectivity index is 1.53. The highest BCUT2D eigenvalue weighted by atomic mass is 16.6. The van der Waals surface area contributed by atoms with Crippen LogP contribution in [-0.4, -0.2) is 29.4 Å². The van der Waals surface area contributed by atoms with Crippen LogP contribution >= 0.6 is 0 Å². The van der Waals surface area contributed by atoms with Gasteiger partial charge in [0.2, 0.25) is 0 Å². The molecule has 0 radical (unpaired) electrons. The van der Waals surface area contributed by atoms with Crippen molar-refractivity contribution in [1.82, 2.24) is 9.88 Å². The normalized spacial score (nSPS) is 20.4. The summed E-state index contributed by atoms with van der Waals surface area (Å²) < 4.78 is 7.38. The summed E-state index contributed by atoms with van der Waals surface area (Å²) in [5.74, 6) is 1.51. The van der Waals surface area contributed by atoms with Crippen molar-refractivity contribution in [3.8, 4) is 0 Å². The Labute approximate surface area is 201 Å². The van der Waals surface area contributed by atoms with E-state index in [9.17, 15) is 4.79 Å². The van der Waals surface area contributed by atoms with Gasteiger partial charge in [-0.15, -0.1) is 0 Å². The van der Waals surface area contributed by atoms with Gasteiger partial charge in [-0.3, -0.25) is 4.57 Å². The first-order valence-corrected chi connectivity index (χ1v) is 12.3. The molecule has 176 valence electrons. The molecule has 5 nitrogen and oxygen atoms in total. The first-order valence-electron chi connectivity index (χ1n) is 12.3. The zero-order valence-electron chi connectivity index (χ0n) is 20.5. The van der Waals surface area contributed by atoms with Crippen LogP contribution in [0.3, 0.4) is 0 Å². The van der Waals surface area contributed by atoms with E-state index in [-0.39, 0.29) is 6.09 Å². The summed E-state index contributed by atoms with van der Waals surface area (Å²) in [7, 11) is 0. The Morgan fingerprint density at radius 3 is 2.56 bits per heavy atom. The lowest BCUT2D eigenvalue weighted by Gasteiger charge is -2.23. The minimum atomic E-state index is -0.538. The number of nitrogens with zero attached hydrogens (tertiary/aromatic N) is 2. The lowest BCUT2D eigenvalue weighted by Crippen LogP contribution is -2.26. The van der Waals surface area contributed by atoms with Crippen molar-refractivity contribution in [3.05, 3.63) is 76.3 Å². The molecule has 2 aliphatic rings. The molecule has 1 aromatic heterocycles. The Morgan fingerprint density at radius 1 is 1.18 bits per heavy atom. The Kier molecular flexibility index (Phi) is 5.73. The van der Waals surface area contributed by atoms with E-state index in [2.05, 4.69) is 41.4 Å². The molecule has 5 rings (SSSR count). The third kappa shape index (κ3) is 4.35. The highest BCUT2D eigenvalue weighted by Crippen LogP contribution is 2.46.